The zero-order valence-electron chi connectivity index (χ0n) is 12.7. The molecule has 0 spiro atoms. The Morgan fingerprint density at radius 2 is 2.05 bits per heavy atom. The van der Waals surface area contributed by atoms with Crippen LogP contribution in [0.1, 0.15) is 26.7 Å². The van der Waals surface area contributed by atoms with Crippen LogP contribution in [0, 0.1) is 0 Å². The van der Waals surface area contributed by atoms with Crippen LogP contribution >= 0.6 is 23.2 Å². The van der Waals surface area contributed by atoms with Crippen molar-refractivity contribution in [1.29, 1.82) is 0 Å². The monoisotopic (exact) mass is 330 g/mol. The Kier molecular flexibility index (Phi) is 6.62. The molecule has 1 aliphatic rings. The minimum atomic E-state index is 0.498. The summed E-state index contributed by atoms with van der Waals surface area (Å²) in [5.74, 6) is 0.587. The van der Waals surface area contributed by atoms with Crippen molar-refractivity contribution in [2.75, 3.05) is 26.2 Å². The van der Waals surface area contributed by atoms with Crippen LogP contribution in [0.3, 0.4) is 0 Å². The van der Waals surface area contributed by atoms with E-state index in [0.29, 0.717) is 34.5 Å². The van der Waals surface area contributed by atoms with Crippen LogP contribution in [-0.4, -0.2) is 43.2 Å². The molecule has 2 rings (SSSR count). The van der Waals surface area contributed by atoms with Crippen molar-refractivity contribution in [2.45, 2.75) is 38.8 Å². The lowest BCUT2D eigenvalue weighted by Crippen LogP contribution is -2.43. The lowest BCUT2D eigenvalue weighted by atomic mass is 10.2. The average molecular weight is 331 g/mol. The predicted molar refractivity (Wildman–Crippen MR) is 89.7 cm³/mol. The fourth-order valence-electron chi connectivity index (χ4n) is 2.64. The number of hydrogen-bond acceptors (Lipinski definition) is 3. The van der Waals surface area contributed by atoms with E-state index in [1.54, 1.807) is 12.1 Å². The molecule has 1 aromatic rings. The largest absolute Gasteiger partial charge is 0.489 e. The van der Waals surface area contributed by atoms with Crippen LogP contribution in [0.25, 0.3) is 0 Å². The van der Waals surface area contributed by atoms with E-state index >= 15 is 0 Å². The van der Waals surface area contributed by atoms with Gasteiger partial charge in [0.05, 0.1) is 10.0 Å². The Bertz CT molecular complexity index is 428. The van der Waals surface area contributed by atoms with Crippen LogP contribution < -0.4 is 10.1 Å². The van der Waals surface area contributed by atoms with Gasteiger partial charge in [-0.3, -0.25) is 4.90 Å². The number of halogens is 2. The number of nitrogens with one attached hydrogen (secondary N) is 1. The first kappa shape index (κ1) is 16.9. The quantitative estimate of drug-likeness (QED) is 0.822. The minimum absolute atomic E-state index is 0.498. The molecule has 1 fully saturated rings. The molecule has 0 radical (unpaired) electrons. The van der Waals surface area contributed by atoms with E-state index < -0.39 is 0 Å². The summed E-state index contributed by atoms with van der Waals surface area (Å²) in [6.07, 6.45) is 2.54. The molecule has 3 nitrogen and oxygen atoms in total. The summed E-state index contributed by atoms with van der Waals surface area (Å²) in [5.41, 5.74) is 0. The van der Waals surface area contributed by atoms with Gasteiger partial charge in [0.2, 0.25) is 0 Å². The smallest absolute Gasteiger partial charge is 0.156 e. The topological polar surface area (TPSA) is 24.5 Å². The van der Waals surface area contributed by atoms with Crippen LogP contribution in [0.2, 0.25) is 10.0 Å². The van der Waals surface area contributed by atoms with Crippen molar-refractivity contribution in [3.63, 3.8) is 0 Å². The van der Waals surface area contributed by atoms with E-state index in [2.05, 4.69) is 24.1 Å². The lowest BCUT2D eigenvalue weighted by molar-refractivity contribution is 0.164. The van der Waals surface area contributed by atoms with Gasteiger partial charge in [-0.1, -0.05) is 29.3 Å². The van der Waals surface area contributed by atoms with Crippen molar-refractivity contribution in [1.82, 2.24) is 10.2 Å². The number of para-hydroxylation sites is 1. The normalized spacial score (nSPS) is 18.7. The van der Waals surface area contributed by atoms with Crippen LogP contribution in [-0.2, 0) is 0 Å². The van der Waals surface area contributed by atoms with E-state index in [9.17, 15) is 0 Å². The highest BCUT2D eigenvalue weighted by atomic mass is 35.5. The molecule has 0 aliphatic carbocycles. The van der Waals surface area contributed by atoms with Crippen molar-refractivity contribution in [3.8, 4) is 5.75 Å². The van der Waals surface area contributed by atoms with Crippen molar-refractivity contribution < 1.29 is 4.74 Å². The summed E-state index contributed by atoms with van der Waals surface area (Å²) in [4.78, 5) is 2.44. The summed E-state index contributed by atoms with van der Waals surface area (Å²) < 4.78 is 5.79. The van der Waals surface area contributed by atoms with Gasteiger partial charge in [-0.2, -0.15) is 0 Å². The first-order chi connectivity index (χ1) is 10.1. The number of nitrogens with zero attached hydrogens (tertiary/aromatic N) is 1. The first-order valence-electron chi connectivity index (χ1n) is 7.62. The Morgan fingerprint density at radius 1 is 1.33 bits per heavy atom. The van der Waals surface area contributed by atoms with Crippen LogP contribution in [0.5, 0.6) is 5.75 Å². The number of rotatable bonds is 7. The van der Waals surface area contributed by atoms with Crippen LogP contribution in [0.4, 0.5) is 0 Å². The predicted octanol–water partition coefficient (Wildman–Crippen LogP) is 3.83. The molecule has 0 amide bonds. The molecule has 0 bridgehead atoms. The summed E-state index contributed by atoms with van der Waals surface area (Å²) in [6.45, 7) is 8.11. The number of benzene rings is 1. The zero-order valence-corrected chi connectivity index (χ0v) is 14.3. The van der Waals surface area contributed by atoms with Gasteiger partial charge >= 0.3 is 0 Å². The Morgan fingerprint density at radius 3 is 2.62 bits per heavy atom. The molecule has 1 atom stereocenters. The molecule has 0 aromatic heterocycles. The first-order valence-corrected chi connectivity index (χ1v) is 8.37. The Balaban J connectivity index is 1.84. The zero-order chi connectivity index (χ0) is 15.2. The summed E-state index contributed by atoms with van der Waals surface area (Å²) >= 11 is 12.2. The standard InChI is InChI=1S/C16H24Cl2N2O/c1-12(2)20(11-13-5-4-8-19-13)9-10-21-16-14(17)6-3-7-15(16)18/h3,6-7,12-13,19H,4-5,8-11H2,1-2H3. The molecule has 1 heterocycles. The van der Waals surface area contributed by atoms with E-state index in [0.717, 1.165) is 19.6 Å². The Labute approximate surface area is 137 Å². The molecular weight excluding hydrogens is 307 g/mol. The molecule has 21 heavy (non-hydrogen) atoms. The molecular formula is C16H24Cl2N2O. The lowest BCUT2D eigenvalue weighted by Gasteiger charge is -2.29. The maximum absolute atomic E-state index is 6.11. The highest BCUT2D eigenvalue weighted by Crippen LogP contribution is 2.32. The molecule has 1 aromatic carbocycles. The van der Waals surface area contributed by atoms with Crippen molar-refractivity contribution >= 4 is 23.2 Å². The van der Waals surface area contributed by atoms with E-state index in [-0.39, 0.29) is 0 Å². The number of ether oxygens (including phenoxy) is 1. The van der Waals surface area contributed by atoms with Gasteiger partial charge in [0.25, 0.3) is 0 Å². The van der Waals surface area contributed by atoms with Gasteiger partial charge in [-0.25, -0.2) is 0 Å². The second kappa shape index (κ2) is 8.23. The molecule has 1 aliphatic heterocycles. The van der Waals surface area contributed by atoms with Gasteiger partial charge in [0, 0.05) is 25.2 Å². The van der Waals surface area contributed by atoms with Gasteiger partial charge in [-0.05, 0) is 45.4 Å². The molecule has 1 saturated heterocycles. The highest BCUT2D eigenvalue weighted by molar-refractivity contribution is 6.37. The van der Waals surface area contributed by atoms with Gasteiger partial charge in [0.15, 0.2) is 5.75 Å². The van der Waals surface area contributed by atoms with Gasteiger partial charge in [-0.15, -0.1) is 0 Å². The van der Waals surface area contributed by atoms with E-state index in [1.165, 1.54) is 12.8 Å². The third-order valence-corrected chi connectivity index (χ3v) is 4.49. The molecule has 1 unspecified atom stereocenters. The third-order valence-electron chi connectivity index (χ3n) is 3.89. The fourth-order valence-corrected chi connectivity index (χ4v) is 3.15. The average Bonchev–Trinajstić information content (AvgIpc) is 2.93. The molecule has 118 valence electrons. The summed E-state index contributed by atoms with van der Waals surface area (Å²) in [7, 11) is 0. The van der Waals surface area contributed by atoms with Gasteiger partial charge < -0.3 is 10.1 Å². The van der Waals surface area contributed by atoms with E-state index in [4.69, 9.17) is 27.9 Å². The number of hydrogen-bond donors (Lipinski definition) is 1. The van der Waals surface area contributed by atoms with E-state index in [1.807, 2.05) is 6.07 Å². The molecule has 5 heteroatoms. The second-order valence-corrected chi connectivity index (χ2v) is 6.60. The third kappa shape index (κ3) is 5.03. The van der Waals surface area contributed by atoms with Crippen molar-refractivity contribution in [3.05, 3.63) is 28.2 Å². The SMILES string of the molecule is CC(C)N(CCOc1c(Cl)cccc1Cl)CC1CCCN1. The molecule has 1 N–H and O–H groups in total. The highest BCUT2D eigenvalue weighted by Gasteiger charge is 2.19. The summed E-state index contributed by atoms with van der Waals surface area (Å²) in [6, 6.07) is 6.52. The van der Waals surface area contributed by atoms with Crippen molar-refractivity contribution in [2.24, 2.45) is 0 Å². The maximum Gasteiger partial charge on any atom is 0.156 e. The van der Waals surface area contributed by atoms with Crippen LogP contribution in [0.15, 0.2) is 18.2 Å². The van der Waals surface area contributed by atoms with Gasteiger partial charge in [0.1, 0.15) is 6.61 Å². The Hall–Kier alpha value is -0.480. The minimum Gasteiger partial charge on any atom is -0.489 e. The second-order valence-electron chi connectivity index (χ2n) is 5.78. The fraction of sp³-hybridized carbons (Fsp3) is 0.625. The maximum atomic E-state index is 6.11. The molecule has 0 saturated carbocycles. The summed E-state index contributed by atoms with van der Waals surface area (Å²) in [5, 5.41) is 4.68.